The third-order valence-electron chi connectivity index (χ3n) is 4.85. The van der Waals surface area contributed by atoms with Crippen molar-refractivity contribution in [1.82, 2.24) is 19.3 Å². The Kier molecular flexibility index (Phi) is 5.93. The number of nitrogens with zero attached hydrogens (tertiary/aromatic N) is 4. The van der Waals surface area contributed by atoms with Crippen LogP contribution in [0, 0.1) is 5.82 Å². The van der Waals surface area contributed by atoms with Crippen LogP contribution in [-0.4, -0.2) is 59.8 Å². The Morgan fingerprint density at radius 1 is 1.17 bits per heavy atom. The quantitative estimate of drug-likeness (QED) is 0.572. The third kappa shape index (κ3) is 4.27. The zero-order valence-corrected chi connectivity index (χ0v) is 17.5. The molecule has 0 N–H and O–H groups in total. The van der Waals surface area contributed by atoms with Gasteiger partial charge in [-0.05, 0) is 23.6 Å². The van der Waals surface area contributed by atoms with E-state index in [0.29, 0.717) is 18.1 Å². The maximum absolute atomic E-state index is 13.9. The molecule has 11 heteroatoms. The lowest BCUT2D eigenvalue weighted by Crippen LogP contribution is -2.50. The number of benzene rings is 1. The minimum absolute atomic E-state index is 0.116. The average molecular weight is 451 g/mol. The van der Waals surface area contributed by atoms with Crippen LogP contribution in [0.2, 0.25) is 0 Å². The smallest absolute Gasteiger partial charge is 0.246 e. The topological polar surface area (TPSA) is 96.6 Å². The zero-order chi connectivity index (χ0) is 21.1. The van der Waals surface area contributed by atoms with E-state index in [2.05, 4.69) is 10.1 Å². The summed E-state index contributed by atoms with van der Waals surface area (Å²) in [6.45, 7) is 0.726. The molecule has 30 heavy (non-hydrogen) atoms. The number of halogens is 1. The van der Waals surface area contributed by atoms with Gasteiger partial charge in [0, 0.05) is 50.0 Å². The normalized spacial score (nSPS) is 15.4. The average Bonchev–Trinajstić information content (AvgIpc) is 3.44. The molecule has 3 heterocycles. The summed E-state index contributed by atoms with van der Waals surface area (Å²) in [6.07, 6.45) is 0.495. The monoisotopic (exact) mass is 450 g/mol. The van der Waals surface area contributed by atoms with Gasteiger partial charge in [-0.15, -0.1) is 0 Å². The number of amides is 1. The first-order valence-corrected chi connectivity index (χ1v) is 11.7. The lowest BCUT2D eigenvalue weighted by Gasteiger charge is -2.34. The van der Waals surface area contributed by atoms with Crippen LogP contribution >= 0.6 is 11.3 Å². The fourth-order valence-electron chi connectivity index (χ4n) is 3.21. The van der Waals surface area contributed by atoms with Crippen molar-refractivity contribution in [3.63, 3.8) is 0 Å². The van der Waals surface area contributed by atoms with Crippen LogP contribution in [0.15, 0.2) is 50.5 Å². The molecule has 1 fully saturated rings. The summed E-state index contributed by atoms with van der Waals surface area (Å²) in [6, 6.07) is 7.18. The van der Waals surface area contributed by atoms with Gasteiger partial charge >= 0.3 is 0 Å². The van der Waals surface area contributed by atoms with E-state index in [1.165, 1.54) is 33.8 Å². The molecule has 1 aliphatic rings. The largest absolute Gasteiger partial charge is 0.340 e. The van der Waals surface area contributed by atoms with E-state index in [0.717, 1.165) is 11.6 Å². The number of aromatic nitrogens is 2. The van der Waals surface area contributed by atoms with Crippen LogP contribution < -0.4 is 0 Å². The van der Waals surface area contributed by atoms with E-state index in [1.54, 1.807) is 4.90 Å². The minimum atomic E-state index is -3.93. The minimum Gasteiger partial charge on any atom is -0.340 e. The molecule has 0 aliphatic carbocycles. The third-order valence-corrected chi connectivity index (χ3v) is 7.46. The van der Waals surface area contributed by atoms with Crippen LogP contribution in [0.4, 0.5) is 4.39 Å². The van der Waals surface area contributed by atoms with Gasteiger partial charge < -0.3 is 9.42 Å². The highest BCUT2D eigenvalue weighted by atomic mass is 32.2. The lowest BCUT2D eigenvalue weighted by atomic mass is 10.2. The van der Waals surface area contributed by atoms with Gasteiger partial charge in [0.25, 0.3) is 0 Å². The number of hydrogen-bond donors (Lipinski definition) is 0. The van der Waals surface area contributed by atoms with Crippen molar-refractivity contribution in [2.45, 2.75) is 17.7 Å². The van der Waals surface area contributed by atoms with Gasteiger partial charge in [0.1, 0.15) is 10.7 Å². The Hall–Kier alpha value is -2.63. The summed E-state index contributed by atoms with van der Waals surface area (Å²) < 4.78 is 45.6. The van der Waals surface area contributed by atoms with E-state index in [4.69, 9.17) is 4.52 Å². The summed E-state index contributed by atoms with van der Waals surface area (Å²) in [5.74, 6) is -0.0263. The second kappa shape index (κ2) is 8.62. The summed E-state index contributed by atoms with van der Waals surface area (Å²) in [5, 5.41) is 7.74. The van der Waals surface area contributed by atoms with E-state index in [-0.39, 0.29) is 43.4 Å². The Morgan fingerprint density at radius 3 is 2.63 bits per heavy atom. The summed E-state index contributed by atoms with van der Waals surface area (Å²) in [4.78, 5) is 18.0. The van der Waals surface area contributed by atoms with Gasteiger partial charge in [-0.1, -0.05) is 17.3 Å². The molecular formula is C19H19FN4O4S2. The van der Waals surface area contributed by atoms with E-state index >= 15 is 0 Å². The number of aryl methyl sites for hydroxylation is 1. The highest BCUT2D eigenvalue weighted by Gasteiger charge is 2.31. The highest BCUT2D eigenvalue weighted by molar-refractivity contribution is 7.89. The lowest BCUT2D eigenvalue weighted by molar-refractivity contribution is -0.132. The number of rotatable bonds is 6. The molecule has 0 radical (unpaired) electrons. The molecule has 0 saturated carbocycles. The van der Waals surface area contributed by atoms with E-state index < -0.39 is 15.8 Å². The number of carbonyl (C=O) groups excluding carboxylic acids is 1. The van der Waals surface area contributed by atoms with Crippen molar-refractivity contribution in [1.29, 1.82) is 0 Å². The Labute approximate surface area is 177 Å². The van der Waals surface area contributed by atoms with Gasteiger partial charge in [-0.2, -0.15) is 20.6 Å². The fraction of sp³-hybridized carbons (Fsp3) is 0.316. The summed E-state index contributed by atoms with van der Waals surface area (Å²) in [7, 11) is -3.93. The number of piperazine rings is 1. The first kappa shape index (κ1) is 20.6. The molecule has 1 saturated heterocycles. The summed E-state index contributed by atoms with van der Waals surface area (Å²) in [5.41, 5.74) is 0.869. The molecule has 0 bridgehead atoms. The summed E-state index contributed by atoms with van der Waals surface area (Å²) >= 11 is 1.53. The van der Waals surface area contributed by atoms with Gasteiger partial charge in [0.05, 0.1) is 0 Å². The fourth-order valence-corrected chi connectivity index (χ4v) is 5.33. The second-order valence-corrected chi connectivity index (χ2v) is 9.43. The molecule has 3 aromatic rings. The number of carbonyl (C=O) groups is 1. The molecule has 158 valence electrons. The van der Waals surface area contributed by atoms with Gasteiger partial charge in [-0.3, -0.25) is 4.79 Å². The van der Waals surface area contributed by atoms with Gasteiger partial charge in [-0.25, -0.2) is 12.8 Å². The Bertz CT molecular complexity index is 1120. The Balaban J connectivity index is 1.31. The molecular weight excluding hydrogens is 431 g/mol. The molecule has 8 nitrogen and oxygen atoms in total. The molecule has 0 spiro atoms. The predicted octanol–water partition coefficient (Wildman–Crippen LogP) is 2.40. The maximum atomic E-state index is 13.9. The van der Waals surface area contributed by atoms with Crippen molar-refractivity contribution in [2.24, 2.45) is 0 Å². The number of hydrogen-bond acceptors (Lipinski definition) is 7. The molecule has 2 aromatic heterocycles. The van der Waals surface area contributed by atoms with Crippen LogP contribution in [0.1, 0.15) is 12.3 Å². The van der Waals surface area contributed by atoms with Crippen molar-refractivity contribution in [3.05, 3.63) is 52.8 Å². The van der Waals surface area contributed by atoms with Crippen molar-refractivity contribution < 1.29 is 22.1 Å². The van der Waals surface area contributed by atoms with Crippen LogP contribution in [-0.2, 0) is 21.2 Å². The SMILES string of the molecule is O=C(CCc1nc(-c2ccsc2)no1)N1CCN(S(=O)(=O)c2ccccc2F)CC1. The van der Waals surface area contributed by atoms with Crippen LogP contribution in [0.5, 0.6) is 0 Å². The molecule has 0 atom stereocenters. The standard InChI is InChI=1S/C19H19FN4O4S2/c20-15-3-1-2-4-16(15)30(26,27)24-10-8-23(9-11-24)18(25)6-5-17-21-19(22-28-17)14-7-12-29-13-14/h1-4,7,12-13H,5-6,8-11H2. The van der Waals surface area contributed by atoms with Crippen molar-refractivity contribution in [2.75, 3.05) is 26.2 Å². The van der Waals surface area contributed by atoms with E-state index in [9.17, 15) is 17.6 Å². The first-order valence-electron chi connectivity index (χ1n) is 9.33. The second-order valence-electron chi connectivity index (χ2n) is 6.74. The van der Waals surface area contributed by atoms with E-state index in [1.807, 2.05) is 16.8 Å². The molecule has 1 aliphatic heterocycles. The van der Waals surface area contributed by atoms with Gasteiger partial charge in [0.15, 0.2) is 0 Å². The van der Waals surface area contributed by atoms with Crippen molar-refractivity contribution >= 4 is 27.3 Å². The molecule has 0 unspecified atom stereocenters. The van der Waals surface area contributed by atoms with Crippen molar-refractivity contribution in [3.8, 4) is 11.4 Å². The molecule has 1 aromatic carbocycles. The number of thiophene rings is 1. The maximum Gasteiger partial charge on any atom is 0.246 e. The van der Waals surface area contributed by atoms with Gasteiger partial charge in [0.2, 0.25) is 27.6 Å². The molecule has 1 amide bonds. The Morgan fingerprint density at radius 2 is 1.93 bits per heavy atom. The van der Waals surface area contributed by atoms with Crippen LogP contribution in [0.3, 0.4) is 0 Å². The first-order chi connectivity index (χ1) is 14.4. The molecule has 4 rings (SSSR count). The van der Waals surface area contributed by atoms with Crippen LogP contribution in [0.25, 0.3) is 11.4 Å². The predicted molar refractivity (Wildman–Crippen MR) is 108 cm³/mol. The highest BCUT2D eigenvalue weighted by Crippen LogP contribution is 2.21. The zero-order valence-electron chi connectivity index (χ0n) is 15.9. The number of sulfonamides is 1.